The third-order valence-electron chi connectivity index (χ3n) is 7.40. The number of aromatic nitrogens is 3. The maximum atomic E-state index is 14.0. The van der Waals surface area contributed by atoms with Crippen LogP contribution in [0, 0.1) is 0 Å². The summed E-state index contributed by atoms with van der Waals surface area (Å²) < 4.78 is 10.9. The smallest absolute Gasteiger partial charge is 0.328 e. The monoisotopic (exact) mass is 579 g/mol. The molecule has 0 spiro atoms. The zero-order valence-corrected chi connectivity index (χ0v) is 24.4. The number of nitrogens with zero attached hydrogens (tertiary/aromatic N) is 4. The molecule has 0 saturated heterocycles. The van der Waals surface area contributed by atoms with Gasteiger partial charge in [-0.05, 0) is 67.4 Å². The van der Waals surface area contributed by atoms with Gasteiger partial charge < -0.3 is 10.1 Å². The fourth-order valence-electron chi connectivity index (χ4n) is 5.33. The molecule has 0 saturated carbocycles. The van der Waals surface area contributed by atoms with Gasteiger partial charge in [0.05, 0.1) is 39.5 Å². The van der Waals surface area contributed by atoms with Crippen LogP contribution in [0.3, 0.4) is 0 Å². The average Bonchev–Trinajstić information content (AvgIpc) is 3.40. The standard InChI is InChI=1S/C32H29N5O4S/c1-5-41-23-14-12-21(13-15-23)28-27(29(38)34-22-9-7-6-8-10-22)19(2)33-31-37(28)30(39)26(42-31)18-20-11-16-24-25(17-20)36(4)32(40)35(24)3/h6-18,28H,5H2,1-4H3,(H,34,38)/b26-18+/t28-/m1/s1. The summed E-state index contributed by atoms with van der Waals surface area (Å²) in [5.74, 6) is 0.376. The molecule has 5 aromatic rings. The highest BCUT2D eigenvalue weighted by atomic mass is 32.1. The van der Waals surface area contributed by atoms with Gasteiger partial charge in [-0.1, -0.05) is 47.7 Å². The third kappa shape index (κ3) is 4.69. The van der Waals surface area contributed by atoms with Crippen molar-refractivity contribution >= 4 is 40.0 Å². The van der Waals surface area contributed by atoms with E-state index in [2.05, 4.69) is 5.32 Å². The first kappa shape index (κ1) is 27.2. The Balaban J connectivity index is 1.50. The van der Waals surface area contributed by atoms with Gasteiger partial charge in [-0.2, -0.15) is 0 Å². The Labute approximate surface area is 245 Å². The fourth-order valence-corrected chi connectivity index (χ4v) is 6.37. The molecule has 1 aliphatic heterocycles. The number of amides is 1. The number of hydrogen-bond acceptors (Lipinski definition) is 6. The number of anilines is 1. The molecule has 6 rings (SSSR count). The minimum absolute atomic E-state index is 0.117. The molecular weight excluding hydrogens is 550 g/mol. The summed E-state index contributed by atoms with van der Waals surface area (Å²) in [7, 11) is 3.46. The van der Waals surface area contributed by atoms with Crippen molar-refractivity contribution in [1.29, 1.82) is 0 Å². The maximum absolute atomic E-state index is 14.0. The van der Waals surface area contributed by atoms with Crippen LogP contribution in [0.5, 0.6) is 5.75 Å². The lowest BCUT2D eigenvalue weighted by molar-refractivity contribution is -0.113. The molecule has 0 aliphatic carbocycles. The summed E-state index contributed by atoms with van der Waals surface area (Å²) in [6.45, 7) is 4.24. The zero-order valence-electron chi connectivity index (χ0n) is 23.6. The van der Waals surface area contributed by atoms with Crippen LogP contribution >= 0.6 is 11.3 Å². The molecule has 0 unspecified atom stereocenters. The van der Waals surface area contributed by atoms with E-state index < -0.39 is 6.04 Å². The number of imidazole rings is 1. The lowest BCUT2D eigenvalue weighted by atomic mass is 9.95. The Morgan fingerprint density at radius 1 is 1.00 bits per heavy atom. The molecule has 0 fully saturated rings. The molecule has 0 bridgehead atoms. The number of carbonyl (C=O) groups excluding carboxylic acids is 1. The number of ether oxygens (including phenoxy) is 1. The zero-order chi connectivity index (χ0) is 29.5. The lowest BCUT2D eigenvalue weighted by Crippen LogP contribution is -2.40. The van der Waals surface area contributed by atoms with E-state index in [0.29, 0.717) is 38.6 Å². The number of thiazole rings is 1. The summed E-state index contributed by atoms with van der Waals surface area (Å²) in [6.07, 6.45) is 1.80. The van der Waals surface area contributed by atoms with Gasteiger partial charge in [0.1, 0.15) is 5.75 Å². The molecule has 10 heteroatoms. The maximum Gasteiger partial charge on any atom is 0.328 e. The number of nitrogens with one attached hydrogen (secondary N) is 1. The molecule has 0 radical (unpaired) electrons. The molecule has 3 aromatic carbocycles. The van der Waals surface area contributed by atoms with Crippen molar-refractivity contribution < 1.29 is 9.53 Å². The van der Waals surface area contributed by atoms with Crippen molar-refractivity contribution in [2.24, 2.45) is 19.1 Å². The average molecular weight is 580 g/mol. The van der Waals surface area contributed by atoms with Gasteiger partial charge in [0.25, 0.3) is 11.5 Å². The van der Waals surface area contributed by atoms with Gasteiger partial charge in [0, 0.05) is 19.8 Å². The summed E-state index contributed by atoms with van der Waals surface area (Å²) >= 11 is 1.27. The molecule has 1 aliphatic rings. The normalized spacial score (nSPS) is 15.0. The highest BCUT2D eigenvalue weighted by Crippen LogP contribution is 2.31. The molecule has 1 N–H and O–H groups in total. The van der Waals surface area contributed by atoms with E-state index in [1.54, 1.807) is 40.8 Å². The van der Waals surface area contributed by atoms with E-state index in [4.69, 9.17) is 9.73 Å². The topological polar surface area (TPSA) is 99.6 Å². The summed E-state index contributed by atoms with van der Waals surface area (Å²) in [6, 6.07) is 21.6. The van der Waals surface area contributed by atoms with Gasteiger partial charge >= 0.3 is 5.69 Å². The molecule has 1 amide bonds. The molecule has 1 atom stereocenters. The number of carbonyl (C=O) groups is 1. The second-order valence-corrected chi connectivity index (χ2v) is 11.1. The second kappa shape index (κ2) is 10.8. The molecule has 212 valence electrons. The van der Waals surface area contributed by atoms with Crippen molar-refractivity contribution in [2.75, 3.05) is 11.9 Å². The van der Waals surface area contributed by atoms with Crippen LogP contribution in [0.25, 0.3) is 17.1 Å². The minimum Gasteiger partial charge on any atom is -0.494 e. The van der Waals surface area contributed by atoms with E-state index in [-0.39, 0.29) is 17.2 Å². The van der Waals surface area contributed by atoms with E-state index in [1.807, 2.05) is 79.7 Å². The first-order chi connectivity index (χ1) is 20.3. The van der Waals surface area contributed by atoms with Crippen LogP contribution in [0.4, 0.5) is 5.69 Å². The molecule has 3 heterocycles. The van der Waals surface area contributed by atoms with E-state index in [1.165, 1.54) is 11.3 Å². The predicted octanol–water partition coefficient (Wildman–Crippen LogP) is 3.46. The number of benzene rings is 3. The Bertz CT molecular complexity index is 2120. The van der Waals surface area contributed by atoms with Crippen molar-refractivity contribution in [1.82, 2.24) is 13.7 Å². The number of fused-ring (bicyclic) bond motifs is 2. The Kier molecular flexibility index (Phi) is 6.99. The first-order valence-electron chi connectivity index (χ1n) is 13.5. The minimum atomic E-state index is -0.694. The quantitative estimate of drug-likeness (QED) is 0.333. The summed E-state index contributed by atoms with van der Waals surface area (Å²) in [4.78, 5) is 45.4. The van der Waals surface area contributed by atoms with Gasteiger partial charge in [0.2, 0.25) is 0 Å². The number of rotatable bonds is 6. The molecule has 9 nitrogen and oxygen atoms in total. The molecule has 2 aromatic heterocycles. The van der Waals surface area contributed by atoms with Gasteiger partial charge in [-0.15, -0.1) is 0 Å². The lowest BCUT2D eigenvalue weighted by Gasteiger charge is -2.25. The van der Waals surface area contributed by atoms with Crippen LogP contribution < -0.4 is 30.6 Å². The molecule has 42 heavy (non-hydrogen) atoms. The number of aryl methyl sites for hydroxylation is 2. The summed E-state index contributed by atoms with van der Waals surface area (Å²) in [5.41, 5.74) is 4.33. The SMILES string of the molecule is CCOc1ccc([C@@H]2C(C(=O)Nc3ccccc3)=C(C)N=c3s/c(=C/c4ccc5c(c4)n(C)c(=O)n5C)c(=O)n32)cc1. The van der Waals surface area contributed by atoms with Crippen LogP contribution in [0.2, 0.25) is 0 Å². The Hall–Kier alpha value is -4.96. The van der Waals surface area contributed by atoms with E-state index >= 15 is 0 Å². The number of hydrogen-bond donors (Lipinski definition) is 1. The van der Waals surface area contributed by atoms with Crippen molar-refractivity contribution in [3.8, 4) is 5.75 Å². The van der Waals surface area contributed by atoms with Gasteiger partial charge in [-0.25, -0.2) is 9.79 Å². The van der Waals surface area contributed by atoms with Crippen molar-refractivity contribution in [3.63, 3.8) is 0 Å². The van der Waals surface area contributed by atoms with E-state index in [9.17, 15) is 14.4 Å². The van der Waals surface area contributed by atoms with Crippen molar-refractivity contribution in [3.05, 3.63) is 125 Å². The summed E-state index contributed by atoms with van der Waals surface area (Å²) in [5, 5.41) is 2.97. The Morgan fingerprint density at radius 3 is 2.43 bits per heavy atom. The number of allylic oxidation sites excluding steroid dienone is 1. The van der Waals surface area contributed by atoms with Crippen LogP contribution in [0.1, 0.15) is 31.0 Å². The van der Waals surface area contributed by atoms with E-state index in [0.717, 1.165) is 22.2 Å². The van der Waals surface area contributed by atoms with Crippen LogP contribution in [-0.2, 0) is 18.9 Å². The van der Waals surface area contributed by atoms with Crippen molar-refractivity contribution in [2.45, 2.75) is 19.9 Å². The highest BCUT2D eigenvalue weighted by molar-refractivity contribution is 7.07. The highest BCUT2D eigenvalue weighted by Gasteiger charge is 2.32. The largest absolute Gasteiger partial charge is 0.494 e. The first-order valence-corrected chi connectivity index (χ1v) is 14.4. The van der Waals surface area contributed by atoms with Crippen LogP contribution in [0.15, 0.2) is 98.6 Å². The second-order valence-electron chi connectivity index (χ2n) is 10.1. The number of para-hydroxylation sites is 1. The van der Waals surface area contributed by atoms with Gasteiger partial charge in [0.15, 0.2) is 4.80 Å². The van der Waals surface area contributed by atoms with Crippen LogP contribution in [-0.4, -0.2) is 26.2 Å². The fraction of sp³-hybridized carbons (Fsp3) is 0.188. The Morgan fingerprint density at radius 2 is 1.71 bits per heavy atom. The molecular formula is C32H29N5O4S. The predicted molar refractivity (Wildman–Crippen MR) is 165 cm³/mol. The third-order valence-corrected chi connectivity index (χ3v) is 8.38. The van der Waals surface area contributed by atoms with Gasteiger partial charge in [-0.3, -0.25) is 23.3 Å².